The lowest BCUT2D eigenvalue weighted by atomic mass is 10.1. The van der Waals surface area contributed by atoms with E-state index in [1.165, 1.54) is 13.6 Å². The van der Waals surface area contributed by atoms with Crippen molar-refractivity contribution in [2.45, 2.75) is 32.9 Å². The third kappa shape index (κ3) is 3.74. The number of carbonyl (C=O) groups excluding carboxylic acids is 1. The molecule has 2 aromatic heterocycles. The zero-order valence-electron chi connectivity index (χ0n) is 17.4. The van der Waals surface area contributed by atoms with E-state index in [2.05, 4.69) is 10.4 Å². The molecule has 2 aromatic carbocycles. The minimum atomic E-state index is -0.398. The number of hydrogen-bond acceptors (Lipinski definition) is 4. The molecular weight excluding hydrogens is 418 g/mol. The maximum absolute atomic E-state index is 13.2. The summed E-state index contributed by atoms with van der Waals surface area (Å²) in [5.41, 5.74) is 0.879. The summed E-state index contributed by atoms with van der Waals surface area (Å²) in [7, 11) is 1.57. The van der Waals surface area contributed by atoms with Crippen molar-refractivity contribution in [1.29, 1.82) is 0 Å². The first-order valence-electron chi connectivity index (χ1n) is 9.97. The molecule has 0 aliphatic carbocycles. The molecule has 0 aliphatic rings. The summed E-state index contributed by atoms with van der Waals surface area (Å²) in [4.78, 5) is 38.6. The Morgan fingerprint density at radius 3 is 2.55 bits per heavy atom. The summed E-state index contributed by atoms with van der Waals surface area (Å²) in [6, 6.07) is 11.9. The monoisotopic (exact) mass is 439 g/mol. The second-order valence-corrected chi connectivity index (χ2v) is 8.02. The van der Waals surface area contributed by atoms with Gasteiger partial charge in [0.2, 0.25) is 5.78 Å². The van der Waals surface area contributed by atoms with Gasteiger partial charge in [0, 0.05) is 23.7 Å². The normalized spacial score (nSPS) is 12.4. The van der Waals surface area contributed by atoms with Crippen LogP contribution in [-0.2, 0) is 13.6 Å². The fraction of sp³-hybridized carbons (Fsp3) is 0.273. The van der Waals surface area contributed by atoms with Gasteiger partial charge in [0.15, 0.2) is 0 Å². The van der Waals surface area contributed by atoms with Crippen LogP contribution in [0.25, 0.3) is 16.7 Å². The minimum absolute atomic E-state index is 0.0108. The Balaban J connectivity index is 1.89. The Kier molecular flexibility index (Phi) is 5.41. The molecule has 1 unspecified atom stereocenters. The highest BCUT2D eigenvalue weighted by Crippen LogP contribution is 2.15. The maximum Gasteiger partial charge on any atom is 0.352 e. The number of aromatic nitrogens is 4. The Hall–Kier alpha value is -3.39. The summed E-state index contributed by atoms with van der Waals surface area (Å²) in [6.07, 6.45) is 0.793. The standard InChI is InChI=1S/C22H22ClN5O3/c1-4-13(2)24-19(29)15-7-10-17-18(11-15)28-21(26(3)20(17)30)25-27(22(28)31)12-14-5-8-16(23)9-6-14/h5-11,13H,4,12H2,1-3H3,(H,24,29). The van der Waals surface area contributed by atoms with Gasteiger partial charge in [-0.15, -0.1) is 5.10 Å². The van der Waals surface area contributed by atoms with Crippen molar-refractivity contribution in [2.75, 3.05) is 0 Å². The van der Waals surface area contributed by atoms with Crippen LogP contribution in [0.1, 0.15) is 36.2 Å². The number of aryl methyl sites for hydroxylation is 1. The van der Waals surface area contributed by atoms with Gasteiger partial charge in [-0.05, 0) is 49.2 Å². The first kappa shape index (κ1) is 20.9. The van der Waals surface area contributed by atoms with E-state index < -0.39 is 5.69 Å². The highest BCUT2D eigenvalue weighted by molar-refractivity contribution is 6.30. The largest absolute Gasteiger partial charge is 0.352 e. The summed E-state index contributed by atoms with van der Waals surface area (Å²) in [6.45, 7) is 4.12. The molecule has 0 saturated carbocycles. The number of carbonyl (C=O) groups is 1. The maximum atomic E-state index is 13.2. The molecule has 31 heavy (non-hydrogen) atoms. The molecule has 9 heteroatoms. The van der Waals surface area contributed by atoms with E-state index >= 15 is 0 Å². The Morgan fingerprint density at radius 2 is 1.87 bits per heavy atom. The predicted octanol–water partition coefficient (Wildman–Crippen LogP) is 2.58. The van der Waals surface area contributed by atoms with Gasteiger partial charge in [-0.2, -0.15) is 0 Å². The molecule has 4 rings (SSSR count). The average molecular weight is 440 g/mol. The number of hydrogen-bond donors (Lipinski definition) is 1. The van der Waals surface area contributed by atoms with Gasteiger partial charge in [-0.25, -0.2) is 13.9 Å². The van der Waals surface area contributed by atoms with Crippen molar-refractivity contribution in [3.05, 3.63) is 79.5 Å². The second-order valence-electron chi connectivity index (χ2n) is 7.58. The number of halogens is 1. The molecular formula is C22H22ClN5O3. The van der Waals surface area contributed by atoms with Crippen LogP contribution in [0.2, 0.25) is 5.02 Å². The molecule has 2 heterocycles. The molecule has 1 atom stereocenters. The third-order valence-electron chi connectivity index (χ3n) is 5.39. The fourth-order valence-electron chi connectivity index (χ4n) is 3.41. The number of rotatable bonds is 5. The second kappa shape index (κ2) is 8.03. The lowest BCUT2D eigenvalue weighted by Crippen LogP contribution is -2.32. The van der Waals surface area contributed by atoms with E-state index in [9.17, 15) is 14.4 Å². The van der Waals surface area contributed by atoms with Crippen LogP contribution in [0.4, 0.5) is 0 Å². The summed E-state index contributed by atoms with van der Waals surface area (Å²) in [5.74, 6) is -0.0531. The van der Waals surface area contributed by atoms with Crippen LogP contribution >= 0.6 is 11.6 Å². The first-order chi connectivity index (χ1) is 14.8. The van der Waals surface area contributed by atoms with Gasteiger partial charge in [0.1, 0.15) is 0 Å². The Labute approximate surface area is 182 Å². The van der Waals surface area contributed by atoms with Crippen molar-refractivity contribution in [2.24, 2.45) is 7.05 Å². The summed E-state index contributed by atoms with van der Waals surface area (Å²) >= 11 is 5.94. The Morgan fingerprint density at radius 1 is 1.16 bits per heavy atom. The molecule has 0 aliphatic heterocycles. The summed E-state index contributed by atoms with van der Waals surface area (Å²) in [5, 5.41) is 8.21. The van der Waals surface area contributed by atoms with Crippen molar-refractivity contribution in [1.82, 2.24) is 24.1 Å². The minimum Gasteiger partial charge on any atom is -0.350 e. The SMILES string of the molecule is CCC(C)NC(=O)c1ccc2c(=O)n(C)c3nn(Cc4ccc(Cl)cc4)c(=O)n3c2c1. The van der Waals surface area contributed by atoms with Crippen molar-refractivity contribution < 1.29 is 4.79 Å². The van der Waals surface area contributed by atoms with Crippen LogP contribution in [0.3, 0.4) is 0 Å². The van der Waals surface area contributed by atoms with Gasteiger partial charge in [0.05, 0.1) is 17.4 Å². The van der Waals surface area contributed by atoms with Crippen LogP contribution < -0.4 is 16.6 Å². The quantitative estimate of drug-likeness (QED) is 0.517. The van der Waals surface area contributed by atoms with Crippen LogP contribution in [-0.4, -0.2) is 30.7 Å². The van der Waals surface area contributed by atoms with E-state index in [1.807, 2.05) is 26.0 Å². The van der Waals surface area contributed by atoms with Crippen molar-refractivity contribution in [3.63, 3.8) is 0 Å². The highest BCUT2D eigenvalue weighted by Gasteiger charge is 2.18. The van der Waals surface area contributed by atoms with Gasteiger partial charge in [-0.1, -0.05) is 30.7 Å². The molecule has 1 amide bonds. The van der Waals surface area contributed by atoms with Gasteiger partial charge >= 0.3 is 5.69 Å². The van der Waals surface area contributed by atoms with Gasteiger partial charge < -0.3 is 5.32 Å². The number of nitrogens with zero attached hydrogens (tertiary/aromatic N) is 4. The summed E-state index contributed by atoms with van der Waals surface area (Å²) < 4.78 is 4.00. The van der Waals surface area contributed by atoms with Crippen molar-refractivity contribution in [3.8, 4) is 0 Å². The molecule has 0 radical (unpaired) electrons. The van der Waals surface area contributed by atoms with Crippen LogP contribution in [0.15, 0.2) is 52.1 Å². The molecule has 0 bridgehead atoms. The highest BCUT2D eigenvalue weighted by atomic mass is 35.5. The predicted molar refractivity (Wildman–Crippen MR) is 120 cm³/mol. The van der Waals surface area contributed by atoms with Gasteiger partial charge in [0.25, 0.3) is 11.5 Å². The van der Waals surface area contributed by atoms with E-state index in [1.54, 1.807) is 37.4 Å². The average Bonchev–Trinajstić information content (AvgIpc) is 3.09. The molecule has 0 fully saturated rings. The van der Waals surface area contributed by atoms with E-state index in [0.29, 0.717) is 21.5 Å². The van der Waals surface area contributed by atoms with E-state index in [0.717, 1.165) is 12.0 Å². The lowest BCUT2D eigenvalue weighted by Gasteiger charge is -2.12. The smallest absolute Gasteiger partial charge is 0.350 e. The molecule has 1 N–H and O–H groups in total. The van der Waals surface area contributed by atoms with E-state index in [4.69, 9.17) is 11.6 Å². The third-order valence-corrected chi connectivity index (χ3v) is 5.65. The first-order valence-corrected chi connectivity index (χ1v) is 10.4. The van der Waals surface area contributed by atoms with E-state index in [-0.39, 0.29) is 29.8 Å². The number of amides is 1. The van der Waals surface area contributed by atoms with Crippen LogP contribution in [0, 0.1) is 0 Å². The number of benzene rings is 2. The van der Waals surface area contributed by atoms with Crippen molar-refractivity contribution >= 4 is 34.2 Å². The topological polar surface area (TPSA) is 90.4 Å². The molecule has 4 aromatic rings. The Bertz CT molecular complexity index is 1420. The lowest BCUT2D eigenvalue weighted by molar-refractivity contribution is 0.0939. The zero-order valence-corrected chi connectivity index (χ0v) is 18.2. The molecule has 0 spiro atoms. The number of fused-ring (bicyclic) bond motifs is 3. The van der Waals surface area contributed by atoms with Gasteiger partial charge in [-0.3, -0.25) is 14.2 Å². The molecule has 160 valence electrons. The number of nitrogens with one attached hydrogen (secondary N) is 1. The molecule has 8 nitrogen and oxygen atoms in total. The zero-order chi connectivity index (χ0) is 22.3. The molecule has 0 saturated heterocycles. The van der Waals surface area contributed by atoms with Crippen LogP contribution in [0.5, 0.6) is 0 Å². The fourth-order valence-corrected chi connectivity index (χ4v) is 3.54.